The molecule has 5 rings (SSSR count). The molecule has 0 saturated carbocycles. The largest absolute Gasteiger partial charge is 0.345 e. The third-order valence-electron chi connectivity index (χ3n) is 6.54. The Morgan fingerprint density at radius 1 is 1.19 bits per heavy atom. The average molecular weight is 422 g/mol. The fourth-order valence-electron chi connectivity index (χ4n) is 5.30. The van der Waals surface area contributed by atoms with Crippen LogP contribution >= 0.6 is 0 Å². The SMILES string of the molecule is Cc1cnc(CN(C)Cc2ccc3n(c2=O)C[C@H]2C[C@@H]3CN(Cc3cnn(C)c3)C2)[nH]1. The van der Waals surface area contributed by atoms with E-state index < -0.39 is 0 Å². The first-order chi connectivity index (χ1) is 14.9. The second kappa shape index (κ2) is 8.09. The average Bonchev–Trinajstić information content (AvgIpc) is 3.32. The number of nitrogens with zero attached hydrogens (tertiary/aromatic N) is 6. The zero-order chi connectivity index (χ0) is 21.5. The Kier molecular flexibility index (Phi) is 5.27. The summed E-state index contributed by atoms with van der Waals surface area (Å²) in [5.74, 6) is 1.88. The van der Waals surface area contributed by atoms with E-state index in [4.69, 9.17) is 0 Å². The molecule has 31 heavy (non-hydrogen) atoms. The molecule has 0 aromatic carbocycles. The van der Waals surface area contributed by atoms with Crippen LogP contribution in [0.25, 0.3) is 0 Å². The highest BCUT2D eigenvalue weighted by Gasteiger charge is 2.35. The number of hydrogen-bond donors (Lipinski definition) is 1. The zero-order valence-corrected chi connectivity index (χ0v) is 18.6. The van der Waals surface area contributed by atoms with E-state index in [1.54, 1.807) is 0 Å². The second-order valence-corrected chi connectivity index (χ2v) is 9.40. The molecule has 0 radical (unpaired) electrons. The van der Waals surface area contributed by atoms with E-state index in [-0.39, 0.29) is 5.56 Å². The first kappa shape index (κ1) is 20.2. The van der Waals surface area contributed by atoms with Crippen molar-refractivity contribution < 1.29 is 0 Å². The van der Waals surface area contributed by atoms with Gasteiger partial charge in [0, 0.05) is 80.6 Å². The molecule has 1 fully saturated rings. The summed E-state index contributed by atoms with van der Waals surface area (Å²) < 4.78 is 3.92. The number of aryl methyl sites for hydroxylation is 2. The Hall–Kier alpha value is -2.71. The molecule has 0 unspecified atom stereocenters. The van der Waals surface area contributed by atoms with Gasteiger partial charge in [-0.25, -0.2) is 4.98 Å². The zero-order valence-electron chi connectivity index (χ0n) is 18.6. The summed E-state index contributed by atoms with van der Waals surface area (Å²) in [5.41, 5.74) is 4.55. The number of nitrogens with one attached hydrogen (secondary N) is 1. The summed E-state index contributed by atoms with van der Waals surface area (Å²) in [6.45, 7) is 7.12. The normalized spacial score (nSPS) is 20.9. The van der Waals surface area contributed by atoms with E-state index in [1.807, 2.05) is 44.2 Å². The summed E-state index contributed by atoms with van der Waals surface area (Å²) in [7, 11) is 3.99. The standard InChI is InChI=1S/C23H31N7O/c1-16-7-24-22(26-16)15-27(2)13-19-4-5-21-20-6-17(12-30(21)23(19)31)10-29(14-20)11-18-8-25-28(3)9-18/h4-5,7-9,17,20H,6,10-15H2,1-3H3,(H,24,26)/t17-,20+/m0/s1. The van der Waals surface area contributed by atoms with Gasteiger partial charge in [-0.1, -0.05) is 6.07 Å². The van der Waals surface area contributed by atoms with Crippen molar-refractivity contribution in [2.24, 2.45) is 13.0 Å². The lowest BCUT2D eigenvalue weighted by atomic mass is 9.83. The third kappa shape index (κ3) is 4.22. The molecule has 2 atom stereocenters. The Balaban J connectivity index is 1.30. The first-order valence-corrected chi connectivity index (χ1v) is 11.1. The molecule has 8 heteroatoms. The number of hydrogen-bond acceptors (Lipinski definition) is 5. The molecular formula is C23H31N7O. The minimum Gasteiger partial charge on any atom is -0.345 e. The van der Waals surface area contributed by atoms with Gasteiger partial charge >= 0.3 is 0 Å². The topological polar surface area (TPSA) is 75.0 Å². The molecule has 0 amide bonds. The minimum atomic E-state index is 0.176. The number of H-pyrrole nitrogens is 1. The van der Waals surface area contributed by atoms with Crippen molar-refractivity contribution in [2.45, 2.75) is 45.4 Å². The van der Waals surface area contributed by atoms with E-state index in [0.29, 0.717) is 24.9 Å². The number of likely N-dealkylation sites (tertiary alicyclic amines) is 1. The van der Waals surface area contributed by atoms with Crippen LogP contribution in [0.2, 0.25) is 0 Å². The summed E-state index contributed by atoms with van der Waals surface area (Å²) in [5, 5.41) is 4.30. The molecule has 2 bridgehead atoms. The van der Waals surface area contributed by atoms with Gasteiger partial charge in [0.2, 0.25) is 0 Å². The smallest absolute Gasteiger partial charge is 0.255 e. The maximum absolute atomic E-state index is 13.3. The minimum absolute atomic E-state index is 0.176. The first-order valence-electron chi connectivity index (χ1n) is 11.1. The molecule has 164 valence electrons. The Morgan fingerprint density at radius 2 is 2.06 bits per heavy atom. The highest BCUT2D eigenvalue weighted by molar-refractivity contribution is 5.22. The lowest BCUT2D eigenvalue weighted by Gasteiger charge is -2.43. The fourth-order valence-corrected chi connectivity index (χ4v) is 5.30. The van der Waals surface area contributed by atoms with Crippen molar-refractivity contribution in [3.63, 3.8) is 0 Å². The van der Waals surface area contributed by atoms with Crippen LogP contribution in [-0.2, 0) is 33.2 Å². The summed E-state index contributed by atoms with van der Waals surface area (Å²) in [6.07, 6.45) is 7.07. The van der Waals surface area contributed by atoms with Gasteiger partial charge in [-0.2, -0.15) is 5.10 Å². The molecule has 2 aliphatic rings. The lowest BCUT2D eigenvalue weighted by molar-refractivity contribution is 0.114. The Labute approximate surface area is 182 Å². The molecule has 0 aliphatic carbocycles. The maximum atomic E-state index is 13.3. The molecule has 2 aliphatic heterocycles. The van der Waals surface area contributed by atoms with Crippen LogP contribution < -0.4 is 5.56 Å². The molecular weight excluding hydrogens is 390 g/mol. The third-order valence-corrected chi connectivity index (χ3v) is 6.54. The van der Waals surface area contributed by atoms with Gasteiger partial charge in [0.25, 0.3) is 5.56 Å². The van der Waals surface area contributed by atoms with Crippen LogP contribution in [0, 0.1) is 12.8 Å². The Bertz CT molecular complexity index is 1130. The van der Waals surface area contributed by atoms with E-state index in [1.165, 1.54) is 17.7 Å². The predicted octanol–water partition coefficient (Wildman–Crippen LogP) is 1.86. The van der Waals surface area contributed by atoms with Gasteiger partial charge in [-0.15, -0.1) is 0 Å². The van der Waals surface area contributed by atoms with Crippen LogP contribution in [0.5, 0.6) is 0 Å². The summed E-state index contributed by atoms with van der Waals surface area (Å²) in [4.78, 5) is 25.6. The Morgan fingerprint density at radius 3 is 2.81 bits per heavy atom. The van der Waals surface area contributed by atoms with Crippen molar-refractivity contribution in [1.29, 1.82) is 0 Å². The number of imidazole rings is 1. The van der Waals surface area contributed by atoms with Gasteiger partial charge in [0.15, 0.2) is 0 Å². The quantitative estimate of drug-likeness (QED) is 0.658. The number of aromatic nitrogens is 5. The molecule has 0 spiro atoms. The van der Waals surface area contributed by atoms with E-state index >= 15 is 0 Å². The molecule has 3 aromatic heterocycles. The maximum Gasteiger partial charge on any atom is 0.255 e. The number of pyridine rings is 1. The fraction of sp³-hybridized carbons (Fsp3) is 0.522. The van der Waals surface area contributed by atoms with Crippen molar-refractivity contribution >= 4 is 0 Å². The van der Waals surface area contributed by atoms with E-state index in [9.17, 15) is 4.79 Å². The van der Waals surface area contributed by atoms with Crippen LogP contribution in [0.1, 0.15) is 40.7 Å². The van der Waals surface area contributed by atoms with Crippen molar-refractivity contribution in [3.05, 3.63) is 69.4 Å². The molecule has 8 nitrogen and oxygen atoms in total. The number of aromatic amines is 1. The van der Waals surface area contributed by atoms with Gasteiger partial charge in [0.1, 0.15) is 5.82 Å². The van der Waals surface area contributed by atoms with Crippen molar-refractivity contribution in [3.8, 4) is 0 Å². The van der Waals surface area contributed by atoms with E-state index in [0.717, 1.165) is 43.3 Å². The van der Waals surface area contributed by atoms with Gasteiger partial charge in [-0.3, -0.25) is 19.3 Å². The molecule has 5 heterocycles. The van der Waals surface area contributed by atoms with Gasteiger partial charge in [-0.05, 0) is 32.4 Å². The number of fused-ring (bicyclic) bond motifs is 4. The highest BCUT2D eigenvalue weighted by Crippen LogP contribution is 2.35. The van der Waals surface area contributed by atoms with Crippen molar-refractivity contribution in [2.75, 3.05) is 20.1 Å². The van der Waals surface area contributed by atoms with Crippen LogP contribution in [-0.4, -0.2) is 54.3 Å². The molecule has 1 saturated heterocycles. The monoisotopic (exact) mass is 421 g/mol. The van der Waals surface area contributed by atoms with E-state index in [2.05, 4.69) is 41.7 Å². The molecule has 3 aromatic rings. The summed E-state index contributed by atoms with van der Waals surface area (Å²) in [6, 6.07) is 4.23. The van der Waals surface area contributed by atoms with Gasteiger partial charge < -0.3 is 9.55 Å². The molecule has 1 N–H and O–H groups in total. The van der Waals surface area contributed by atoms with Gasteiger partial charge in [0.05, 0.1) is 12.7 Å². The number of rotatable bonds is 6. The predicted molar refractivity (Wildman–Crippen MR) is 119 cm³/mol. The highest BCUT2D eigenvalue weighted by atomic mass is 16.1. The number of piperidine rings is 1. The summed E-state index contributed by atoms with van der Waals surface area (Å²) >= 11 is 0. The second-order valence-electron chi connectivity index (χ2n) is 9.40. The van der Waals surface area contributed by atoms with Crippen LogP contribution in [0.15, 0.2) is 35.5 Å². The van der Waals surface area contributed by atoms with Crippen LogP contribution in [0.4, 0.5) is 0 Å². The lowest BCUT2D eigenvalue weighted by Crippen LogP contribution is -2.47. The van der Waals surface area contributed by atoms with Crippen molar-refractivity contribution in [1.82, 2.24) is 34.1 Å². The van der Waals surface area contributed by atoms with Crippen LogP contribution in [0.3, 0.4) is 0 Å².